The number of carbonyl (C=O) groups excluding carboxylic acids is 1. The lowest BCUT2D eigenvalue weighted by molar-refractivity contribution is 0.0734. The van der Waals surface area contributed by atoms with E-state index in [1.54, 1.807) is 33.0 Å². The molecular formula is C10H18N4O2. The molecule has 0 aliphatic rings. The zero-order valence-corrected chi connectivity index (χ0v) is 10.1. The van der Waals surface area contributed by atoms with Crippen molar-refractivity contribution in [3.05, 3.63) is 11.4 Å². The molecule has 0 saturated carbocycles. The van der Waals surface area contributed by atoms with Crippen LogP contribution in [-0.2, 0) is 11.8 Å². The summed E-state index contributed by atoms with van der Waals surface area (Å²) < 4.78 is 6.43. The summed E-state index contributed by atoms with van der Waals surface area (Å²) in [6, 6.07) is 0. The monoisotopic (exact) mass is 226 g/mol. The van der Waals surface area contributed by atoms with Gasteiger partial charge in [-0.2, -0.15) is 5.10 Å². The van der Waals surface area contributed by atoms with Crippen LogP contribution in [-0.4, -0.2) is 47.9 Å². The maximum absolute atomic E-state index is 12.0. The molecule has 0 aliphatic carbocycles. The molecule has 1 rings (SSSR count). The van der Waals surface area contributed by atoms with Gasteiger partial charge in [0.05, 0.1) is 18.0 Å². The van der Waals surface area contributed by atoms with E-state index in [0.29, 0.717) is 30.2 Å². The summed E-state index contributed by atoms with van der Waals surface area (Å²) in [6.07, 6.45) is 0. The molecule has 0 aliphatic heterocycles. The molecule has 0 bridgehead atoms. The van der Waals surface area contributed by atoms with E-state index in [1.807, 2.05) is 0 Å². The Morgan fingerprint density at radius 2 is 2.25 bits per heavy atom. The van der Waals surface area contributed by atoms with Crippen LogP contribution < -0.4 is 5.73 Å². The van der Waals surface area contributed by atoms with Crippen LogP contribution in [0.5, 0.6) is 0 Å². The van der Waals surface area contributed by atoms with Gasteiger partial charge in [-0.25, -0.2) is 0 Å². The number of nitrogen functional groups attached to an aromatic ring is 1. The molecular weight excluding hydrogens is 208 g/mol. The van der Waals surface area contributed by atoms with E-state index in [9.17, 15) is 4.79 Å². The van der Waals surface area contributed by atoms with E-state index in [0.717, 1.165) is 0 Å². The van der Waals surface area contributed by atoms with Crippen LogP contribution in [0.15, 0.2) is 0 Å². The van der Waals surface area contributed by atoms with E-state index in [1.165, 1.54) is 4.68 Å². The number of hydrogen-bond acceptors (Lipinski definition) is 4. The summed E-state index contributed by atoms with van der Waals surface area (Å²) in [6.45, 7) is 2.80. The Morgan fingerprint density at radius 3 is 2.69 bits per heavy atom. The molecule has 0 radical (unpaired) electrons. The van der Waals surface area contributed by atoms with Crippen LogP contribution in [0.2, 0.25) is 0 Å². The van der Waals surface area contributed by atoms with Crippen molar-refractivity contribution < 1.29 is 9.53 Å². The van der Waals surface area contributed by atoms with Gasteiger partial charge < -0.3 is 15.4 Å². The van der Waals surface area contributed by atoms with Crippen LogP contribution in [0.1, 0.15) is 16.2 Å². The minimum Gasteiger partial charge on any atom is -0.395 e. The van der Waals surface area contributed by atoms with Crippen LogP contribution in [0.25, 0.3) is 0 Å². The number of carbonyl (C=O) groups is 1. The second-order valence-corrected chi connectivity index (χ2v) is 3.69. The zero-order valence-electron chi connectivity index (χ0n) is 10.1. The van der Waals surface area contributed by atoms with Crippen molar-refractivity contribution >= 4 is 11.6 Å². The first-order valence-corrected chi connectivity index (χ1v) is 5.02. The number of likely N-dealkylation sites (N-methyl/N-ethyl adjacent to an activating group) is 1. The second-order valence-electron chi connectivity index (χ2n) is 3.69. The minimum atomic E-state index is -0.141. The number of nitrogens with two attached hydrogens (primary N) is 1. The minimum absolute atomic E-state index is 0.141. The topological polar surface area (TPSA) is 73.4 Å². The van der Waals surface area contributed by atoms with Crippen molar-refractivity contribution in [3.8, 4) is 0 Å². The molecule has 0 atom stereocenters. The predicted molar refractivity (Wildman–Crippen MR) is 61.2 cm³/mol. The Kier molecular flexibility index (Phi) is 3.89. The van der Waals surface area contributed by atoms with Crippen LogP contribution in [0.4, 0.5) is 5.69 Å². The third-order valence-corrected chi connectivity index (χ3v) is 2.45. The summed E-state index contributed by atoms with van der Waals surface area (Å²) in [7, 11) is 5.02. The number of methoxy groups -OCH3 is 1. The maximum atomic E-state index is 12.0. The summed E-state index contributed by atoms with van der Waals surface area (Å²) in [5, 5.41) is 4.11. The second kappa shape index (κ2) is 4.98. The fourth-order valence-corrected chi connectivity index (χ4v) is 1.44. The van der Waals surface area contributed by atoms with Crippen molar-refractivity contribution in [1.29, 1.82) is 0 Å². The van der Waals surface area contributed by atoms with E-state index < -0.39 is 0 Å². The predicted octanol–water partition coefficient (Wildman–Crippen LogP) is 0.0291. The summed E-state index contributed by atoms with van der Waals surface area (Å²) in [5.74, 6) is -0.141. The first-order chi connectivity index (χ1) is 7.49. The highest BCUT2D eigenvalue weighted by atomic mass is 16.5. The number of hydrogen-bond donors (Lipinski definition) is 1. The van der Waals surface area contributed by atoms with Gasteiger partial charge in [0.15, 0.2) is 0 Å². The molecule has 1 heterocycles. The Morgan fingerprint density at radius 1 is 1.62 bits per heavy atom. The fourth-order valence-electron chi connectivity index (χ4n) is 1.44. The van der Waals surface area contributed by atoms with Gasteiger partial charge in [-0.05, 0) is 6.92 Å². The average molecular weight is 226 g/mol. The molecule has 0 saturated heterocycles. The van der Waals surface area contributed by atoms with Crippen molar-refractivity contribution in [3.63, 3.8) is 0 Å². The molecule has 0 fully saturated rings. The maximum Gasteiger partial charge on any atom is 0.274 e. The summed E-state index contributed by atoms with van der Waals surface area (Å²) >= 11 is 0. The van der Waals surface area contributed by atoms with Gasteiger partial charge in [-0.15, -0.1) is 0 Å². The van der Waals surface area contributed by atoms with Crippen molar-refractivity contribution in [2.45, 2.75) is 6.92 Å². The largest absolute Gasteiger partial charge is 0.395 e. The van der Waals surface area contributed by atoms with Crippen molar-refractivity contribution in [2.24, 2.45) is 7.05 Å². The van der Waals surface area contributed by atoms with Crippen molar-refractivity contribution in [1.82, 2.24) is 14.7 Å². The standard InChI is InChI=1S/C10H18N4O2/c1-7-8(11)9(14(3)12-7)10(15)13(2)5-6-16-4/h5-6,11H2,1-4H3. The molecule has 0 unspecified atom stereocenters. The molecule has 1 aromatic rings. The number of amides is 1. The highest BCUT2D eigenvalue weighted by molar-refractivity contribution is 5.97. The van der Waals surface area contributed by atoms with Gasteiger partial charge in [0.1, 0.15) is 5.69 Å². The van der Waals surface area contributed by atoms with Crippen LogP contribution in [0.3, 0.4) is 0 Å². The molecule has 6 heteroatoms. The first kappa shape index (κ1) is 12.5. The third kappa shape index (κ3) is 2.33. The molecule has 16 heavy (non-hydrogen) atoms. The van der Waals surface area contributed by atoms with E-state index in [2.05, 4.69) is 5.10 Å². The van der Waals surface area contributed by atoms with Gasteiger partial charge in [-0.3, -0.25) is 9.48 Å². The molecule has 0 spiro atoms. The number of aryl methyl sites for hydroxylation is 2. The Balaban J connectivity index is 2.87. The highest BCUT2D eigenvalue weighted by Gasteiger charge is 2.20. The SMILES string of the molecule is COCCN(C)C(=O)c1c(N)c(C)nn1C. The van der Waals surface area contributed by atoms with Crippen LogP contribution >= 0.6 is 0 Å². The van der Waals surface area contributed by atoms with E-state index >= 15 is 0 Å². The quantitative estimate of drug-likeness (QED) is 0.786. The number of aromatic nitrogens is 2. The van der Waals surface area contributed by atoms with Gasteiger partial charge in [0.25, 0.3) is 5.91 Å². The van der Waals surface area contributed by atoms with E-state index in [4.69, 9.17) is 10.5 Å². The Bertz CT molecular complexity index is 386. The fraction of sp³-hybridized carbons (Fsp3) is 0.600. The van der Waals surface area contributed by atoms with Crippen LogP contribution in [0, 0.1) is 6.92 Å². The number of nitrogens with zero attached hydrogens (tertiary/aromatic N) is 3. The van der Waals surface area contributed by atoms with Gasteiger partial charge in [0.2, 0.25) is 0 Å². The van der Waals surface area contributed by atoms with Gasteiger partial charge in [0, 0.05) is 27.7 Å². The molecule has 90 valence electrons. The number of anilines is 1. The molecule has 2 N–H and O–H groups in total. The highest BCUT2D eigenvalue weighted by Crippen LogP contribution is 2.16. The smallest absolute Gasteiger partial charge is 0.274 e. The summed E-state index contributed by atoms with van der Waals surface area (Å²) in [4.78, 5) is 13.6. The van der Waals surface area contributed by atoms with Gasteiger partial charge >= 0.3 is 0 Å². The normalized spacial score (nSPS) is 10.5. The van der Waals surface area contributed by atoms with E-state index in [-0.39, 0.29) is 5.91 Å². The summed E-state index contributed by atoms with van der Waals surface area (Å²) in [5.41, 5.74) is 7.35. The molecule has 6 nitrogen and oxygen atoms in total. The van der Waals surface area contributed by atoms with Crippen molar-refractivity contribution in [2.75, 3.05) is 33.0 Å². The lowest BCUT2D eigenvalue weighted by atomic mass is 10.3. The first-order valence-electron chi connectivity index (χ1n) is 5.02. The number of ether oxygens (including phenoxy) is 1. The van der Waals surface area contributed by atoms with Gasteiger partial charge in [-0.1, -0.05) is 0 Å². The third-order valence-electron chi connectivity index (χ3n) is 2.45. The average Bonchev–Trinajstić information content (AvgIpc) is 2.49. The lowest BCUT2D eigenvalue weighted by Gasteiger charge is -2.16. The zero-order chi connectivity index (χ0) is 12.3. The lowest BCUT2D eigenvalue weighted by Crippen LogP contribution is -2.31. The Labute approximate surface area is 95.0 Å². The Hall–Kier alpha value is -1.56. The molecule has 0 aromatic carbocycles. The molecule has 1 aromatic heterocycles. The number of rotatable bonds is 4. The molecule has 1 amide bonds.